The van der Waals surface area contributed by atoms with Crippen LogP contribution in [0.1, 0.15) is 27.2 Å². The van der Waals surface area contributed by atoms with Gasteiger partial charge >= 0.3 is 0 Å². The SMILES string of the molecule is CCC.CPC.[CH2-]C.[Y]. The summed E-state index contributed by atoms with van der Waals surface area (Å²) in [5.74, 6) is 0. The summed E-state index contributed by atoms with van der Waals surface area (Å²) in [6, 6.07) is 0. The van der Waals surface area contributed by atoms with E-state index < -0.39 is 0 Å². The molecule has 0 aromatic rings. The Bertz CT molecular complexity index is 10.9. The zero-order valence-corrected chi connectivity index (χ0v) is 11.3. The topological polar surface area (TPSA) is 0 Å². The van der Waals surface area contributed by atoms with Crippen LogP contribution in [0.4, 0.5) is 0 Å². The number of hydrogen-bond acceptors (Lipinski definition) is 0. The third-order valence-electron chi connectivity index (χ3n) is 0. The smallest absolute Gasteiger partial charge is 0 e. The van der Waals surface area contributed by atoms with Crippen LogP contribution in [0.3, 0.4) is 0 Å². The van der Waals surface area contributed by atoms with Gasteiger partial charge in [-0.2, -0.15) is 6.92 Å². The van der Waals surface area contributed by atoms with Crippen molar-refractivity contribution in [3.8, 4) is 0 Å². The Morgan fingerprint density at radius 2 is 1.11 bits per heavy atom. The molecule has 0 saturated heterocycles. The van der Waals surface area contributed by atoms with E-state index in [4.69, 9.17) is 0 Å². The van der Waals surface area contributed by atoms with E-state index in [0.29, 0.717) is 0 Å². The van der Waals surface area contributed by atoms with E-state index in [0.717, 1.165) is 8.58 Å². The van der Waals surface area contributed by atoms with E-state index >= 15 is 0 Å². The zero-order valence-electron chi connectivity index (χ0n) is 7.49. The first-order valence-electron chi connectivity index (χ1n) is 3.12. The molecular weight excluding hydrogens is 204 g/mol. The average molecular weight is 224 g/mol. The molecule has 0 aliphatic heterocycles. The Balaban J connectivity index is -0.0000000202. The van der Waals surface area contributed by atoms with Gasteiger partial charge in [0.25, 0.3) is 0 Å². The van der Waals surface area contributed by atoms with Crippen LogP contribution in [-0.2, 0) is 32.7 Å². The van der Waals surface area contributed by atoms with Gasteiger partial charge in [0.15, 0.2) is 0 Å². The summed E-state index contributed by atoms with van der Waals surface area (Å²) in [4.78, 5) is 0. The summed E-state index contributed by atoms with van der Waals surface area (Å²) in [6.07, 6.45) is 1.25. The second kappa shape index (κ2) is 55.6. The molecule has 0 aliphatic carbocycles. The van der Waals surface area contributed by atoms with E-state index in [9.17, 15) is 0 Å². The summed E-state index contributed by atoms with van der Waals surface area (Å²) in [5.41, 5.74) is 0. The Labute approximate surface area is 88.2 Å². The van der Waals surface area contributed by atoms with Crippen LogP contribution in [-0.4, -0.2) is 13.3 Å². The van der Waals surface area contributed by atoms with E-state index in [1.807, 2.05) is 0 Å². The summed E-state index contributed by atoms with van der Waals surface area (Å²) in [7, 11) is 1.08. The van der Waals surface area contributed by atoms with Crippen LogP contribution in [0, 0.1) is 6.92 Å². The Morgan fingerprint density at radius 3 is 1.11 bits per heavy atom. The van der Waals surface area contributed by atoms with Gasteiger partial charge in [0, 0.05) is 32.7 Å². The Morgan fingerprint density at radius 1 is 1.11 bits per heavy atom. The van der Waals surface area contributed by atoms with Crippen LogP contribution in [0.25, 0.3) is 0 Å². The standard InChI is InChI=1S/C3H8.C2H7P.C2H5.Y/c2*1-3-2;1-2;/h3H2,1-2H3;3H,1-2H3;1H2,2H3;/q;;-1;. The molecule has 0 aromatic carbocycles. The second-order valence-electron chi connectivity index (χ2n) is 1.21. The van der Waals surface area contributed by atoms with Crippen molar-refractivity contribution in [2.45, 2.75) is 27.2 Å². The zero-order chi connectivity index (χ0) is 7.41. The van der Waals surface area contributed by atoms with Crippen molar-refractivity contribution in [2.24, 2.45) is 0 Å². The average Bonchev–Trinajstić information content (AvgIpc) is 1.75. The van der Waals surface area contributed by atoms with Gasteiger partial charge < -0.3 is 6.92 Å². The predicted octanol–water partition coefficient (Wildman–Crippen LogP) is 3.18. The van der Waals surface area contributed by atoms with Crippen LogP contribution in [0.15, 0.2) is 0 Å². The molecule has 0 unspecified atom stereocenters. The third kappa shape index (κ3) is 230. The maximum absolute atomic E-state index is 3.25. The maximum atomic E-state index is 3.25. The quantitative estimate of drug-likeness (QED) is 0.438. The first-order chi connectivity index (χ1) is 3.83. The number of rotatable bonds is 0. The fraction of sp³-hybridized carbons (Fsp3) is 0.857. The van der Waals surface area contributed by atoms with Crippen LogP contribution >= 0.6 is 8.58 Å². The largest absolute Gasteiger partial charge is 0.346 e. The molecule has 1 radical (unpaired) electrons. The van der Waals surface area contributed by atoms with Crippen LogP contribution in [0.2, 0.25) is 0 Å². The van der Waals surface area contributed by atoms with Gasteiger partial charge in [0.05, 0.1) is 0 Å². The van der Waals surface area contributed by atoms with Crippen molar-refractivity contribution in [2.75, 3.05) is 13.3 Å². The molecule has 0 spiro atoms. The molecule has 0 fully saturated rings. The van der Waals surface area contributed by atoms with E-state index in [1.165, 1.54) is 6.42 Å². The van der Waals surface area contributed by atoms with Crippen LogP contribution < -0.4 is 0 Å². The minimum absolute atomic E-state index is 0. The van der Waals surface area contributed by atoms with Crippen molar-refractivity contribution in [1.82, 2.24) is 0 Å². The molecule has 0 amide bonds. The van der Waals surface area contributed by atoms with Gasteiger partial charge in [-0.15, -0.1) is 8.58 Å². The summed E-state index contributed by atoms with van der Waals surface area (Å²) < 4.78 is 0. The minimum atomic E-state index is 0. The fourth-order valence-electron chi connectivity index (χ4n) is 0. The molecule has 0 rings (SSSR count). The monoisotopic (exact) mass is 224 g/mol. The van der Waals surface area contributed by atoms with E-state index in [-0.39, 0.29) is 32.7 Å². The summed E-state index contributed by atoms with van der Waals surface area (Å²) >= 11 is 0. The molecular formula is C7H20PY-. The van der Waals surface area contributed by atoms with Crippen molar-refractivity contribution >= 4 is 8.58 Å². The molecule has 0 aromatic heterocycles. The molecule has 9 heavy (non-hydrogen) atoms. The second-order valence-corrected chi connectivity index (χ2v) is 2.21. The molecule has 0 saturated carbocycles. The molecule has 0 nitrogen and oxygen atoms in total. The van der Waals surface area contributed by atoms with Crippen molar-refractivity contribution in [1.29, 1.82) is 0 Å². The maximum Gasteiger partial charge on any atom is 0 e. The molecule has 0 bridgehead atoms. The van der Waals surface area contributed by atoms with Gasteiger partial charge in [-0.05, 0) is 13.3 Å². The normalized spacial score (nSPS) is 4.67. The van der Waals surface area contributed by atoms with Gasteiger partial charge in [0.1, 0.15) is 0 Å². The molecule has 0 atom stereocenters. The first-order valence-corrected chi connectivity index (χ1v) is 5.12. The Kier molecular flexibility index (Phi) is 139. The van der Waals surface area contributed by atoms with Crippen molar-refractivity contribution in [3.63, 3.8) is 0 Å². The Hall–Kier alpha value is 1.53. The van der Waals surface area contributed by atoms with Gasteiger partial charge in [-0.25, -0.2) is 0 Å². The van der Waals surface area contributed by atoms with E-state index in [1.54, 1.807) is 6.92 Å². The third-order valence-corrected chi connectivity index (χ3v) is 0. The molecule has 0 aliphatic rings. The van der Waals surface area contributed by atoms with Crippen molar-refractivity contribution < 1.29 is 32.7 Å². The molecule has 0 N–H and O–H groups in total. The van der Waals surface area contributed by atoms with E-state index in [2.05, 4.69) is 34.1 Å². The first kappa shape index (κ1) is 22.4. The fourth-order valence-corrected chi connectivity index (χ4v) is 0. The van der Waals surface area contributed by atoms with Crippen molar-refractivity contribution in [3.05, 3.63) is 6.92 Å². The molecule has 2 heteroatoms. The van der Waals surface area contributed by atoms with Gasteiger partial charge in [-0.3, -0.25) is 0 Å². The molecule has 0 heterocycles. The van der Waals surface area contributed by atoms with Gasteiger partial charge in [0.2, 0.25) is 0 Å². The summed E-state index contributed by atoms with van der Waals surface area (Å²) in [6.45, 7) is 13.6. The minimum Gasteiger partial charge on any atom is -0.346 e. The van der Waals surface area contributed by atoms with Crippen LogP contribution in [0.5, 0.6) is 0 Å². The predicted molar refractivity (Wildman–Crippen MR) is 47.2 cm³/mol. The summed E-state index contributed by atoms with van der Waals surface area (Å²) in [5, 5.41) is 0. The number of hydrogen-bond donors (Lipinski definition) is 0. The molecule has 57 valence electrons. The van der Waals surface area contributed by atoms with Gasteiger partial charge in [-0.1, -0.05) is 20.3 Å².